The maximum absolute atomic E-state index is 5.37. The Kier molecular flexibility index (Phi) is 4.19. The predicted molar refractivity (Wildman–Crippen MR) is 66.5 cm³/mol. The summed E-state index contributed by atoms with van der Waals surface area (Å²) in [6.07, 6.45) is 2.29. The van der Waals surface area contributed by atoms with Gasteiger partial charge in [0.15, 0.2) is 0 Å². The minimum absolute atomic E-state index is 0.657. The number of anilines is 1. The zero-order chi connectivity index (χ0) is 11.2. The van der Waals surface area contributed by atoms with Crippen molar-refractivity contribution >= 4 is 5.69 Å². The van der Waals surface area contributed by atoms with Crippen molar-refractivity contribution in [1.29, 1.82) is 0 Å². The molecule has 0 aliphatic carbocycles. The lowest BCUT2D eigenvalue weighted by molar-refractivity contribution is 0.0453. The van der Waals surface area contributed by atoms with Gasteiger partial charge in [-0.1, -0.05) is 18.2 Å². The second-order valence-electron chi connectivity index (χ2n) is 4.30. The number of ether oxygens (including phenoxy) is 1. The van der Waals surface area contributed by atoms with Crippen molar-refractivity contribution in [2.45, 2.75) is 18.9 Å². The molecule has 1 aromatic rings. The van der Waals surface area contributed by atoms with Crippen LogP contribution in [0.1, 0.15) is 12.8 Å². The molecule has 0 bridgehead atoms. The molecule has 0 aromatic heterocycles. The molecule has 2 rings (SSSR count). The quantitative estimate of drug-likeness (QED) is 0.787. The van der Waals surface area contributed by atoms with Crippen LogP contribution in [0.25, 0.3) is 0 Å². The third-order valence-corrected chi connectivity index (χ3v) is 3.12. The summed E-state index contributed by atoms with van der Waals surface area (Å²) in [6, 6.07) is 11.0. The highest BCUT2D eigenvalue weighted by atomic mass is 16.5. The molecule has 1 heterocycles. The molecule has 1 aliphatic rings. The third kappa shape index (κ3) is 3.22. The van der Waals surface area contributed by atoms with Gasteiger partial charge in [-0.15, -0.1) is 0 Å². The maximum Gasteiger partial charge on any atom is 0.0678 e. The molecule has 0 saturated carbocycles. The van der Waals surface area contributed by atoms with Crippen molar-refractivity contribution < 1.29 is 4.74 Å². The Morgan fingerprint density at radius 2 is 1.94 bits per heavy atom. The molecule has 3 nitrogen and oxygen atoms in total. The van der Waals surface area contributed by atoms with E-state index < -0.39 is 0 Å². The second-order valence-corrected chi connectivity index (χ2v) is 4.30. The number of nitrogens with zero attached hydrogens (tertiary/aromatic N) is 1. The van der Waals surface area contributed by atoms with Gasteiger partial charge in [-0.05, 0) is 32.0 Å². The minimum atomic E-state index is 0.657. The number of nitrogens with one attached hydrogen (secondary N) is 1. The van der Waals surface area contributed by atoms with Crippen molar-refractivity contribution in [3.63, 3.8) is 0 Å². The molecule has 1 saturated heterocycles. The summed E-state index contributed by atoms with van der Waals surface area (Å²) < 4.78 is 5.37. The first-order valence-electron chi connectivity index (χ1n) is 5.93. The van der Waals surface area contributed by atoms with E-state index in [1.54, 1.807) is 0 Å². The lowest BCUT2D eigenvalue weighted by atomic mass is 10.1. The number of hydrogen-bond donors (Lipinski definition) is 1. The number of benzene rings is 1. The Morgan fingerprint density at radius 1 is 1.25 bits per heavy atom. The molecular weight excluding hydrogens is 200 g/mol. The van der Waals surface area contributed by atoms with Crippen LogP contribution < -0.4 is 5.32 Å². The highest BCUT2D eigenvalue weighted by Gasteiger charge is 2.17. The van der Waals surface area contributed by atoms with Crippen LogP contribution in [0, 0.1) is 0 Å². The average Bonchev–Trinajstić information content (AvgIpc) is 2.38. The molecule has 1 fully saturated rings. The minimum Gasteiger partial charge on any atom is -0.381 e. The van der Waals surface area contributed by atoms with E-state index in [9.17, 15) is 0 Å². The van der Waals surface area contributed by atoms with E-state index in [1.807, 2.05) is 6.07 Å². The zero-order valence-corrected chi connectivity index (χ0v) is 9.86. The third-order valence-electron chi connectivity index (χ3n) is 3.12. The fourth-order valence-electron chi connectivity index (χ4n) is 2.03. The molecule has 0 radical (unpaired) electrons. The largest absolute Gasteiger partial charge is 0.381 e. The summed E-state index contributed by atoms with van der Waals surface area (Å²) in [6.45, 7) is 2.70. The van der Waals surface area contributed by atoms with Gasteiger partial charge in [-0.25, -0.2) is 0 Å². The van der Waals surface area contributed by atoms with Gasteiger partial charge >= 0.3 is 0 Å². The maximum atomic E-state index is 5.37. The van der Waals surface area contributed by atoms with Crippen LogP contribution >= 0.6 is 0 Å². The first-order chi connectivity index (χ1) is 7.86. The molecule has 1 N–H and O–H groups in total. The molecule has 3 heteroatoms. The van der Waals surface area contributed by atoms with Crippen LogP contribution in [0.4, 0.5) is 5.69 Å². The van der Waals surface area contributed by atoms with Gasteiger partial charge in [0, 0.05) is 24.9 Å². The topological polar surface area (TPSA) is 24.5 Å². The van der Waals surface area contributed by atoms with Crippen LogP contribution in [0.3, 0.4) is 0 Å². The van der Waals surface area contributed by atoms with Crippen molar-refractivity contribution in [2.24, 2.45) is 0 Å². The standard InChI is InChI=1S/C13H20N2O/c1-15(13-7-9-16-10-8-13)11-14-12-5-3-2-4-6-12/h2-6,13-14H,7-11H2,1H3. The first-order valence-corrected chi connectivity index (χ1v) is 5.93. The fourth-order valence-corrected chi connectivity index (χ4v) is 2.03. The van der Waals surface area contributed by atoms with E-state index in [0.29, 0.717) is 6.04 Å². The Bertz CT molecular complexity index is 296. The van der Waals surface area contributed by atoms with Crippen LogP contribution in [-0.2, 0) is 4.74 Å². The van der Waals surface area contributed by atoms with Gasteiger partial charge in [0.1, 0.15) is 0 Å². The van der Waals surface area contributed by atoms with Crippen molar-refractivity contribution in [1.82, 2.24) is 4.90 Å². The lowest BCUT2D eigenvalue weighted by Gasteiger charge is -2.31. The molecule has 1 aliphatic heterocycles. The van der Waals surface area contributed by atoms with E-state index in [0.717, 1.165) is 32.7 Å². The summed E-state index contributed by atoms with van der Waals surface area (Å²) in [5.74, 6) is 0. The second kappa shape index (κ2) is 5.87. The lowest BCUT2D eigenvalue weighted by Crippen LogP contribution is -2.39. The van der Waals surface area contributed by atoms with E-state index in [-0.39, 0.29) is 0 Å². The number of hydrogen-bond acceptors (Lipinski definition) is 3. The van der Waals surface area contributed by atoms with E-state index in [4.69, 9.17) is 4.74 Å². The number of rotatable bonds is 4. The van der Waals surface area contributed by atoms with Gasteiger partial charge in [0.25, 0.3) is 0 Å². The smallest absolute Gasteiger partial charge is 0.0678 e. The van der Waals surface area contributed by atoms with Gasteiger partial charge in [-0.2, -0.15) is 0 Å². The van der Waals surface area contributed by atoms with Gasteiger partial charge in [-0.3, -0.25) is 4.90 Å². The van der Waals surface area contributed by atoms with E-state index in [2.05, 4.69) is 41.5 Å². The molecule has 0 unspecified atom stereocenters. The normalized spacial score (nSPS) is 17.6. The van der Waals surface area contributed by atoms with Gasteiger partial charge in [0.2, 0.25) is 0 Å². The van der Waals surface area contributed by atoms with Crippen molar-refractivity contribution in [2.75, 3.05) is 32.2 Å². The van der Waals surface area contributed by atoms with Crippen LogP contribution in [0.15, 0.2) is 30.3 Å². The fraction of sp³-hybridized carbons (Fsp3) is 0.538. The Labute approximate surface area is 97.4 Å². The summed E-state index contributed by atoms with van der Waals surface area (Å²) in [7, 11) is 2.17. The van der Waals surface area contributed by atoms with E-state index in [1.165, 1.54) is 5.69 Å². The van der Waals surface area contributed by atoms with Crippen LogP contribution in [-0.4, -0.2) is 37.9 Å². The highest BCUT2D eigenvalue weighted by Crippen LogP contribution is 2.13. The van der Waals surface area contributed by atoms with Gasteiger partial charge in [0.05, 0.1) is 6.67 Å². The zero-order valence-electron chi connectivity index (χ0n) is 9.86. The Hall–Kier alpha value is -1.06. The summed E-state index contributed by atoms with van der Waals surface area (Å²) in [4.78, 5) is 2.37. The van der Waals surface area contributed by atoms with Gasteiger partial charge < -0.3 is 10.1 Å². The molecule has 0 atom stereocenters. The average molecular weight is 220 g/mol. The number of para-hydroxylation sites is 1. The summed E-state index contributed by atoms with van der Waals surface area (Å²) in [5, 5.41) is 3.43. The van der Waals surface area contributed by atoms with Crippen molar-refractivity contribution in [3.05, 3.63) is 30.3 Å². The van der Waals surface area contributed by atoms with Crippen molar-refractivity contribution in [3.8, 4) is 0 Å². The summed E-state index contributed by atoms with van der Waals surface area (Å²) in [5.41, 5.74) is 1.18. The van der Waals surface area contributed by atoms with Crippen LogP contribution in [0.2, 0.25) is 0 Å². The van der Waals surface area contributed by atoms with E-state index >= 15 is 0 Å². The molecule has 1 aromatic carbocycles. The summed E-state index contributed by atoms with van der Waals surface area (Å²) >= 11 is 0. The SMILES string of the molecule is CN(CNc1ccccc1)C1CCOCC1. The van der Waals surface area contributed by atoms with Crippen LogP contribution in [0.5, 0.6) is 0 Å². The molecular formula is C13H20N2O. The molecule has 16 heavy (non-hydrogen) atoms. The highest BCUT2D eigenvalue weighted by molar-refractivity contribution is 5.42. The predicted octanol–water partition coefficient (Wildman–Crippen LogP) is 2.17. The monoisotopic (exact) mass is 220 g/mol. The molecule has 88 valence electrons. The first kappa shape index (κ1) is 11.4. The Morgan fingerprint density at radius 3 is 2.62 bits per heavy atom. The molecule has 0 spiro atoms. The Balaban J connectivity index is 1.76. The molecule has 0 amide bonds.